The van der Waals surface area contributed by atoms with Crippen molar-refractivity contribution in [3.63, 3.8) is 0 Å². The minimum Gasteiger partial charge on any atom is -0.340 e. The van der Waals surface area contributed by atoms with Gasteiger partial charge in [0.05, 0.1) is 12.4 Å². The van der Waals surface area contributed by atoms with E-state index >= 15 is 0 Å². The predicted molar refractivity (Wildman–Crippen MR) is 89.1 cm³/mol. The van der Waals surface area contributed by atoms with Crippen molar-refractivity contribution in [2.45, 2.75) is 38.1 Å². The van der Waals surface area contributed by atoms with Gasteiger partial charge in [0.2, 0.25) is 5.91 Å². The van der Waals surface area contributed by atoms with Gasteiger partial charge in [-0.15, -0.1) is 0 Å². The fourth-order valence-corrected chi connectivity index (χ4v) is 3.86. The molecule has 2 aromatic rings. The SMILES string of the molecule is Cc1cccc([C@@H]2C[C@H]2C(=O)N2CCC[C@H](n3ccnc3)C2)c1. The van der Waals surface area contributed by atoms with E-state index in [2.05, 4.69) is 45.6 Å². The average molecular weight is 309 g/mol. The third-order valence-electron chi connectivity index (χ3n) is 5.23. The van der Waals surface area contributed by atoms with Crippen LogP contribution in [0.1, 0.15) is 42.3 Å². The van der Waals surface area contributed by atoms with E-state index in [1.807, 2.05) is 18.7 Å². The van der Waals surface area contributed by atoms with E-state index in [9.17, 15) is 4.79 Å². The molecule has 4 nitrogen and oxygen atoms in total. The molecule has 23 heavy (non-hydrogen) atoms. The van der Waals surface area contributed by atoms with Crippen LogP contribution < -0.4 is 0 Å². The number of piperidine rings is 1. The van der Waals surface area contributed by atoms with E-state index in [1.165, 1.54) is 11.1 Å². The Kier molecular flexibility index (Phi) is 3.68. The van der Waals surface area contributed by atoms with Crippen molar-refractivity contribution < 1.29 is 4.79 Å². The number of benzene rings is 1. The van der Waals surface area contributed by atoms with Crippen molar-refractivity contribution in [2.24, 2.45) is 5.92 Å². The van der Waals surface area contributed by atoms with E-state index in [4.69, 9.17) is 0 Å². The second-order valence-electron chi connectivity index (χ2n) is 6.95. The van der Waals surface area contributed by atoms with Crippen LogP contribution in [0, 0.1) is 12.8 Å². The Hall–Kier alpha value is -2.10. The van der Waals surface area contributed by atoms with Gasteiger partial charge in [-0.3, -0.25) is 4.79 Å². The first-order valence-corrected chi connectivity index (χ1v) is 8.55. The maximum absolute atomic E-state index is 12.8. The molecule has 0 N–H and O–H groups in total. The smallest absolute Gasteiger partial charge is 0.226 e. The number of hydrogen-bond donors (Lipinski definition) is 0. The standard InChI is InChI=1S/C19H23N3O/c1-14-4-2-5-15(10-14)17-11-18(17)19(23)21-8-3-6-16(12-21)22-9-7-20-13-22/h2,4-5,7,9-10,13,16-18H,3,6,8,11-12H2,1H3/t16-,17-,18+/m0/s1. The van der Waals surface area contributed by atoms with Gasteiger partial charge < -0.3 is 9.47 Å². The highest BCUT2D eigenvalue weighted by atomic mass is 16.2. The fourth-order valence-electron chi connectivity index (χ4n) is 3.86. The molecule has 1 aromatic heterocycles. The normalized spacial score (nSPS) is 27.0. The monoisotopic (exact) mass is 309 g/mol. The van der Waals surface area contributed by atoms with E-state index < -0.39 is 0 Å². The summed E-state index contributed by atoms with van der Waals surface area (Å²) in [6, 6.07) is 8.98. The molecule has 3 atom stereocenters. The van der Waals surface area contributed by atoms with Crippen molar-refractivity contribution >= 4 is 5.91 Å². The largest absolute Gasteiger partial charge is 0.340 e. The number of amides is 1. The number of imidazole rings is 1. The summed E-state index contributed by atoms with van der Waals surface area (Å²) < 4.78 is 2.14. The van der Waals surface area contributed by atoms with Crippen LogP contribution in [0.25, 0.3) is 0 Å². The molecule has 1 amide bonds. The number of aromatic nitrogens is 2. The first kappa shape index (κ1) is 14.5. The molecule has 1 aliphatic carbocycles. The van der Waals surface area contributed by atoms with Crippen LogP contribution in [0.2, 0.25) is 0 Å². The molecule has 1 saturated carbocycles. The second-order valence-corrected chi connectivity index (χ2v) is 6.95. The number of carbonyl (C=O) groups excluding carboxylic acids is 1. The minimum absolute atomic E-state index is 0.193. The summed E-state index contributed by atoms with van der Waals surface area (Å²) in [7, 11) is 0. The van der Waals surface area contributed by atoms with Crippen LogP contribution in [0.4, 0.5) is 0 Å². The predicted octanol–water partition coefficient (Wildman–Crippen LogP) is 3.16. The molecule has 0 spiro atoms. The zero-order valence-corrected chi connectivity index (χ0v) is 13.6. The van der Waals surface area contributed by atoms with Crippen LogP contribution >= 0.6 is 0 Å². The van der Waals surface area contributed by atoms with Gasteiger partial charge in [-0.25, -0.2) is 4.98 Å². The highest BCUT2D eigenvalue weighted by Gasteiger charge is 2.46. The van der Waals surface area contributed by atoms with Crippen molar-refractivity contribution in [1.29, 1.82) is 0 Å². The van der Waals surface area contributed by atoms with Gasteiger partial charge in [0.15, 0.2) is 0 Å². The number of rotatable bonds is 3. The summed E-state index contributed by atoms with van der Waals surface area (Å²) in [6.45, 7) is 3.84. The third kappa shape index (κ3) is 2.90. The summed E-state index contributed by atoms with van der Waals surface area (Å²) in [5.74, 6) is 0.968. The number of aryl methyl sites for hydroxylation is 1. The molecule has 4 heteroatoms. The van der Waals surface area contributed by atoms with Crippen LogP contribution in [-0.2, 0) is 4.79 Å². The Morgan fingerprint density at radius 3 is 3.04 bits per heavy atom. The van der Waals surface area contributed by atoms with Gasteiger partial charge >= 0.3 is 0 Å². The summed E-state index contributed by atoms with van der Waals surface area (Å²) in [4.78, 5) is 19.1. The van der Waals surface area contributed by atoms with E-state index in [0.717, 1.165) is 32.4 Å². The molecule has 4 rings (SSSR count). The zero-order valence-electron chi connectivity index (χ0n) is 13.6. The summed E-state index contributed by atoms with van der Waals surface area (Å²) in [6.07, 6.45) is 8.91. The van der Waals surface area contributed by atoms with Gasteiger partial charge in [-0.1, -0.05) is 29.8 Å². The highest BCUT2D eigenvalue weighted by molar-refractivity contribution is 5.83. The van der Waals surface area contributed by atoms with Gasteiger partial charge in [0.25, 0.3) is 0 Å². The molecule has 1 saturated heterocycles. The number of likely N-dealkylation sites (tertiary alicyclic amines) is 1. The van der Waals surface area contributed by atoms with Crippen LogP contribution in [0.15, 0.2) is 43.0 Å². The van der Waals surface area contributed by atoms with Crippen LogP contribution in [0.5, 0.6) is 0 Å². The quantitative estimate of drug-likeness (QED) is 0.873. The van der Waals surface area contributed by atoms with Gasteiger partial charge in [0, 0.05) is 31.4 Å². The topological polar surface area (TPSA) is 38.1 Å². The van der Waals surface area contributed by atoms with Gasteiger partial charge in [-0.05, 0) is 37.7 Å². The third-order valence-corrected chi connectivity index (χ3v) is 5.23. The van der Waals surface area contributed by atoms with Crippen LogP contribution in [0.3, 0.4) is 0 Å². The van der Waals surface area contributed by atoms with Crippen molar-refractivity contribution in [1.82, 2.24) is 14.5 Å². The molecule has 2 fully saturated rings. The maximum Gasteiger partial charge on any atom is 0.226 e. The molecule has 0 bridgehead atoms. The molecule has 0 unspecified atom stereocenters. The number of nitrogens with zero attached hydrogens (tertiary/aromatic N) is 3. The summed E-state index contributed by atoms with van der Waals surface area (Å²) in [5.41, 5.74) is 2.60. The van der Waals surface area contributed by atoms with E-state index in [1.54, 1.807) is 0 Å². The Labute approximate surface area is 137 Å². The second kappa shape index (κ2) is 5.84. The lowest BCUT2D eigenvalue weighted by atomic mass is 10.0. The highest BCUT2D eigenvalue weighted by Crippen LogP contribution is 2.49. The molecular formula is C19H23N3O. The molecule has 0 radical (unpaired) electrons. The first-order valence-electron chi connectivity index (χ1n) is 8.55. The number of carbonyl (C=O) groups is 1. The van der Waals surface area contributed by atoms with Crippen LogP contribution in [-0.4, -0.2) is 33.4 Å². The molecule has 120 valence electrons. The molecule has 2 aliphatic rings. The van der Waals surface area contributed by atoms with Crippen molar-refractivity contribution in [3.05, 3.63) is 54.1 Å². The lowest BCUT2D eigenvalue weighted by molar-refractivity contribution is -0.134. The minimum atomic E-state index is 0.193. The Morgan fingerprint density at radius 1 is 1.35 bits per heavy atom. The molecule has 1 aliphatic heterocycles. The van der Waals surface area contributed by atoms with Gasteiger partial charge in [-0.2, -0.15) is 0 Å². The summed E-state index contributed by atoms with van der Waals surface area (Å²) >= 11 is 0. The lowest BCUT2D eigenvalue weighted by Gasteiger charge is -2.33. The van der Waals surface area contributed by atoms with E-state index in [0.29, 0.717) is 17.9 Å². The van der Waals surface area contributed by atoms with Crippen molar-refractivity contribution in [2.75, 3.05) is 13.1 Å². The summed E-state index contributed by atoms with van der Waals surface area (Å²) in [5, 5.41) is 0. The Balaban J connectivity index is 1.42. The van der Waals surface area contributed by atoms with Gasteiger partial charge in [0.1, 0.15) is 0 Å². The first-order chi connectivity index (χ1) is 11.2. The molecule has 2 heterocycles. The Morgan fingerprint density at radius 2 is 2.26 bits per heavy atom. The number of hydrogen-bond acceptors (Lipinski definition) is 2. The van der Waals surface area contributed by atoms with Crippen molar-refractivity contribution in [3.8, 4) is 0 Å². The molecular weight excluding hydrogens is 286 g/mol. The molecule has 1 aromatic carbocycles. The Bertz CT molecular complexity index is 694. The average Bonchev–Trinajstić information content (AvgIpc) is 3.19. The maximum atomic E-state index is 12.8. The fraction of sp³-hybridized carbons (Fsp3) is 0.474. The lowest BCUT2D eigenvalue weighted by Crippen LogP contribution is -2.41. The zero-order chi connectivity index (χ0) is 15.8. The van der Waals surface area contributed by atoms with E-state index in [-0.39, 0.29) is 5.92 Å².